The summed E-state index contributed by atoms with van der Waals surface area (Å²) in [5.74, 6) is 1.61. The van der Waals surface area contributed by atoms with Gasteiger partial charge in [0.05, 0.1) is 6.61 Å². The van der Waals surface area contributed by atoms with Crippen molar-refractivity contribution in [3.8, 4) is 5.75 Å². The fourth-order valence-corrected chi connectivity index (χ4v) is 3.14. The van der Waals surface area contributed by atoms with E-state index >= 15 is 0 Å². The predicted octanol–water partition coefficient (Wildman–Crippen LogP) is 6.36. The normalized spacial score (nSPS) is 15.1. The topological polar surface area (TPSA) is 9.23 Å². The molecule has 0 spiro atoms. The SMILES string of the molecule is CCOc1ccc(Br)cc1C(Br)CC(C)C(C)(C)C. The number of halogens is 2. The molecule has 2 unspecified atom stereocenters. The minimum atomic E-state index is 0.320. The second-order valence-corrected chi connectivity index (χ2v) is 8.11. The van der Waals surface area contributed by atoms with Crippen LogP contribution in [-0.2, 0) is 0 Å². The molecule has 0 bridgehead atoms. The fourth-order valence-electron chi connectivity index (χ4n) is 1.84. The number of hydrogen-bond donors (Lipinski definition) is 0. The molecule has 1 rings (SSSR count). The van der Waals surface area contributed by atoms with Crippen LogP contribution >= 0.6 is 31.9 Å². The van der Waals surface area contributed by atoms with Gasteiger partial charge in [0.25, 0.3) is 0 Å². The van der Waals surface area contributed by atoms with E-state index in [-0.39, 0.29) is 0 Å². The van der Waals surface area contributed by atoms with Gasteiger partial charge in [0.1, 0.15) is 5.75 Å². The van der Waals surface area contributed by atoms with Crippen LogP contribution in [0.15, 0.2) is 22.7 Å². The molecule has 3 heteroatoms. The van der Waals surface area contributed by atoms with Crippen LogP contribution < -0.4 is 4.74 Å². The monoisotopic (exact) mass is 390 g/mol. The molecule has 0 saturated carbocycles. The molecule has 0 aliphatic heterocycles. The lowest BCUT2D eigenvalue weighted by Gasteiger charge is -2.29. The molecule has 0 amide bonds. The van der Waals surface area contributed by atoms with Crippen molar-refractivity contribution in [1.29, 1.82) is 0 Å². The van der Waals surface area contributed by atoms with Gasteiger partial charge >= 0.3 is 0 Å². The average Bonchev–Trinajstić information content (AvgIpc) is 2.30. The molecular formula is C16H24Br2O. The quantitative estimate of drug-likeness (QED) is 0.530. The lowest BCUT2D eigenvalue weighted by atomic mass is 9.79. The number of rotatable bonds is 5. The Morgan fingerprint density at radius 3 is 2.42 bits per heavy atom. The number of alkyl halides is 1. The first-order valence-electron chi connectivity index (χ1n) is 6.82. The Balaban J connectivity index is 2.92. The second-order valence-electron chi connectivity index (χ2n) is 6.09. The summed E-state index contributed by atoms with van der Waals surface area (Å²) in [6, 6.07) is 6.22. The minimum absolute atomic E-state index is 0.320. The van der Waals surface area contributed by atoms with Gasteiger partial charge in [-0.3, -0.25) is 0 Å². The smallest absolute Gasteiger partial charge is 0.123 e. The highest BCUT2D eigenvalue weighted by Crippen LogP contribution is 2.41. The molecule has 0 aliphatic rings. The number of ether oxygens (including phenoxy) is 1. The van der Waals surface area contributed by atoms with Crippen LogP contribution in [0.1, 0.15) is 51.4 Å². The van der Waals surface area contributed by atoms with Crippen molar-refractivity contribution in [2.45, 2.75) is 45.9 Å². The average molecular weight is 392 g/mol. The van der Waals surface area contributed by atoms with Crippen LogP contribution in [0.25, 0.3) is 0 Å². The molecule has 0 aromatic heterocycles. The molecule has 1 nitrogen and oxygen atoms in total. The van der Waals surface area contributed by atoms with E-state index in [1.165, 1.54) is 5.56 Å². The van der Waals surface area contributed by atoms with Crippen molar-refractivity contribution in [3.63, 3.8) is 0 Å². The van der Waals surface area contributed by atoms with Gasteiger partial charge in [0.15, 0.2) is 0 Å². The third kappa shape index (κ3) is 5.11. The van der Waals surface area contributed by atoms with E-state index < -0.39 is 0 Å². The van der Waals surface area contributed by atoms with E-state index in [1.54, 1.807) is 0 Å². The summed E-state index contributed by atoms with van der Waals surface area (Å²) in [4.78, 5) is 0.320. The molecule has 19 heavy (non-hydrogen) atoms. The molecule has 108 valence electrons. The Morgan fingerprint density at radius 2 is 1.89 bits per heavy atom. The van der Waals surface area contributed by atoms with Gasteiger partial charge in [0.2, 0.25) is 0 Å². The summed E-state index contributed by atoms with van der Waals surface area (Å²) >= 11 is 7.38. The Morgan fingerprint density at radius 1 is 1.26 bits per heavy atom. The van der Waals surface area contributed by atoms with E-state index in [0.717, 1.165) is 16.6 Å². The van der Waals surface area contributed by atoms with Crippen molar-refractivity contribution in [2.75, 3.05) is 6.61 Å². The largest absolute Gasteiger partial charge is 0.494 e. The number of hydrogen-bond acceptors (Lipinski definition) is 1. The lowest BCUT2D eigenvalue weighted by Crippen LogP contribution is -2.18. The van der Waals surface area contributed by atoms with Crippen molar-refractivity contribution in [3.05, 3.63) is 28.2 Å². The Labute approximate surface area is 134 Å². The van der Waals surface area contributed by atoms with Crippen molar-refractivity contribution < 1.29 is 4.74 Å². The van der Waals surface area contributed by atoms with Crippen molar-refractivity contribution >= 4 is 31.9 Å². The predicted molar refractivity (Wildman–Crippen MR) is 90.2 cm³/mol. The first kappa shape index (κ1) is 17.0. The summed E-state index contributed by atoms with van der Waals surface area (Å²) in [6.07, 6.45) is 1.10. The molecule has 1 aromatic carbocycles. The molecule has 0 heterocycles. The van der Waals surface area contributed by atoms with Gasteiger partial charge in [-0.05, 0) is 42.9 Å². The molecule has 0 radical (unpaired) electrons. The summed E-state index contributed by atoms with van der Waals surface area (Å²) in [6.45, 7) is 11.9. The van der Waals surface area contributed by atoms with Gasteiger partial charge in [-0.2, -0.15) is 0 Å². The van der Waals surface area contributed by atoms with E-state index in [4.69, 9.17) is 4.74 Å². The molecule has 1 aromatic rings. The molecule has 0 N–H and O–H groups in total. The van der Waals surface area contributed by atoms with Gasteiger partial charge in [-0.1, -0.05) is 59.6 Å². The third-order valence-electron chi connectivity index (χ3n) is 3.65. The molecule has 0 fully saturated rings. The summed E-state index contributed by atoms with van der Waals surface area (Å²) < 4.78 is 6.83. The Bertz CT molecular complexity index is 410. The Hall–Kier alpha value is -0.0200. The van der Waals surface area contributed by atoms with Crippen LogP contribution in [0.3, 0.4) is 0 Å². The maximum atomic E-state index is 5.73. The fraction of sp³-hybridized carbons (Fsp3) is 0.625. The molecule has 0 aliphatic carbocycles. The summed E-state index contributed by atoms with van der Waals surface area (Å²) in [7, 11) is 0. The highest BCUT2D eigenvalue weighted by molar-refractivity contribution is 9.10. The lowest BCUT2D eigenvalue weighted by molar-refractivity contribution is 0.245. The van der Waals surface area contributed by atoms with Crippen LogP contribution in [0, 0.1) is 11.3 Å². The van der Waals surface area contributed by atoms with E-state index in [0.29, 0.717) is 22.8 Å². The first-order valence-corrected chi connectivity index (χ1v) is 8.53. The maximum absolute atomic E-state index is 5.73. The van der Waals surface area contributed by atoms with Gasteiger partial charge in [-0.15, -0.1) is 0 Å². The highest BCUT2D eigenvalue weighted by Gasteiger charge is 2.24. The molecule has 0 saturated heterocycles. The van der Waals surface area contributed by atoms with E-state index in [2.05, 4.69) is 65.6 Å². The second kappa shape index (κ2) is 7.12. The van der Waals surface area contributed by atoms with Crippen molar-refractivity contribution in [1.82, 2.24) is 0 Å². The van der Waals surface area contributed by atoms with Gasteiger partial charge in [-0.25, -0.2) is 0 Å². The highest BCUT2D eigenvalue weighted by atomic mass is 79.9. The minimum Gasteiger partial charge on any atom is -0.494 e. The van der Waals surface area contributed by atoms with Gasteiger partial charge < -0.3 is 4.74 Å². The zero-order chi connectivity index (χ0) is 14.6. The molecule has 2 atom stereocenters. The standard InChI is InChI=1S/C16H24Br2O/c1-6-19-15-8-7-12(17)10-13(15)14(18)9-11(2)16(3,4)5/h7-8,10-11,14H,6,9H2,1-5H3. The molecular weight excluding hydrogens is 368 g/mol. The van der Waals surface area contributed by atoms with E-state index in [9.17, 15) is 0 Å². The summed E-state index contributed by atoms with van der Waals surface area (Å²) in [5.41, 5.74) is 1.55. The van der Waals surface area contributed by atoms with Gasteiger partial charge in [0, 0.05) is 14.9 Å². The summed E-state index contributed by atoms with van der Waals surface area (Å²) in [5, 5.41) is 0. The van der Waals surface area contributed by atoms with Crippen LogP contribution in [0.5, 0.6) is 5.75 Å². The zero-order valence-corrected chi connectivity index (χ0v) is 15.6. The van der Waals surface area contributed by atoms with Crippen LogP contribution in [-0.4, -0.2) is 6.61 Å². The third-order valence-corrected chi connectivity index (χ3v) is 5.01. The first-order chi connectivity index (χ1) is 8.75. The Kier molecular flexibility index (Phi) is 6.38. The van der Waals surface area contributed by atoms with Crippen molar-refractivity contribution in [2.24, 2.45) is 11.3 Å². The number of benzene rings is 1. The zero-order valence-electron chi connectivity index (χ0n) is 12.5. The van der Waals surface area contributed by atoms with Crippen LogP contribution in [0.4, 0.5) is 0 Å². The van der Waals surface area contributed by atoms with E-state index in [1.807, 2.05) is 19.1 Å². The maximum Gasteiger partial charge on any atom is 0.123 e. The van der Waals surface area contributed by atoms with Crippen LogP contribution in [0.2, 0.25) is 0 Å².